The van der Waals surface area contributed by atoms with Crippen LogP contribution in [0.4, 0.5) is 11.4 Å². The van der Waals surface area contributed by atoms with Crippen LogP contribution in [0, 0.1) is 41.9 Å². The van der Waals surface area contributed by atoms with Gasteiger partial charge in [-0.15, -0.1) is 0 Å². The lowest BCUT2D eigenvalue weighted by Crippen LogP contribution is -2.69. The quantitative estimate of drug-likeness (QED) is 0.0162. The van der Waals surface area contributed by atoms with E-state index in [-0.39, 0.29) is 5.56 Å². The summed E-state index contributed by atoms with van der Waals surface area (Å²) in [5.41, 5.74) is 29.5. The number of primary amides is 1. The van der Waals surface area contributed by atoms with Gasteiger partial charge in [0.25, 0.3) is 41.1 Å². The van der Waals surface area contributed by atoms with Crippen molar-refractivity contribution in [2.24, 2.45) is 34.4 Å². The van der Waals surface area contributed by atoms with Crippen LogP contribution < -0.4 is 92.9 Å². The molecule has 0 saturated carbocycles. The zero-order chi connectivity index (χ0) is 50.9. The third-order valence-electron chi connectivity index (χ3n) is 7.98. The molecule has 36 nitrogen and oxygen atoms in total. The molecule has 36 heteroatoms. The van der Waals surface area contributed by atoms with Crippen molar-refractivity contribution in [3.05, 3.63) is 73.8 Å². The highest BCUT2D eigenvalue weighted by Gasteiger charge is 2.35. The highest BCUT2D eigenvalue weighted by atomic mass is 16.6. The number of nitrogens with one attached hydrogen (secondary N) is 15. The van der Waals surface area contributed by atoms with Crippen LogP contribution in [0.1, 0.15) is 17.2 Å². The molecule has 0 fully saturated rings. The number of hydrogen-bond acceptors (Lipinski definition) is 19. The van der Waals surface area contributed by atoms with Crippen LogP contribution in [-0.4, -0.2) is 122 Å². The van der Waals surface area contributed by atoms with Crippen LogP contribution in [0.2, 0.25) is 0 Å². The first-order chi connectivity index (χ1) is 31.2. The monoisotopic (exact) mass is 947 g/mol. The zero-order valence-electron chi connectivity index (χ0n) is 34.0. The lowest BCUT2D eigenvalue weighted by Gasteiger charge is -2.28. The van der Waals surface area contributed by atoms with Gasteiger partial charge in [-0.05, 0) is 5.56 Å². The first kappa shape index (κ1) is 53.4. The number of aliphatic hydroxyl groups is 1. The maximum Gasteiger partial charge on any atom is 0.317 e. The second-order valence-corrected chi connectivity index (χ2v) is 13.0. The van der Waals surface area contributed by atoms with E-state index in [0.29, 0.717) is 6.07 Å². The van der Waals surface area contributed by atoms with Crippen molar-refractivity contribution in [2.45, 2.75) is 49.6 Å². The second-order valence-electron chi connectivity index (χ2n) is 13.0. The van der Waals surface area contributed by atoms with Gasteiger partial charge in [0, 0.05) is 18.2 Å². The summed E-state index contributed by atoms with van der Waals surface area (Å²) in [4.78, 5) is 112. The molecule has 2 aromatic rings. The lowest BCUT2D eigenvalue weighted by atomic mass is 10.1. The van der Waals surface area contributed by atoms with Crippen molar-refractivity contribution in [3.8, 4) is 5.75 Å². The van der Waals surface area contributed by atoms with E-state index in [1.54, 1.807) is 0 Å². The molecule has 0 spiro atoms. The maximum absolute atomic E-state index is 13.8. The number of carbonyl (C=O) groups is 7. The van der Waals surface area contributed by atoms with Crippen molar-refractivity contribution in [1.29, 1.82) is 21.6 Å². The van der Waals surface area contributed by atoms with Crippen molar-refractivity contribution >= 4 is 76.6 Å². The summed E-state index contributed by atoms with van der Waals surface area (Å²) in [6.07, 6.45) is -12.6. The molecule has 7 unspecified atom stereocenters. The topological polar surface area (TPSA) is 630 Å². The summed E-state index contributed by atoms with van der Waals surface area (Å²) < 4.78 is 0. The van der Waals surface area contributed by atoms with Crippen LogP contribution in [0.3, 0.4) is 0 Å². The molecule has 7 atom stereocenters. The molecule has 2 aromatic carbocycles. The van der Waals surface area contributed by atoms with E-state index in [2.05, 4.69) is 21.3 Å². The van der Waals surface area contributed by atoms with E-state index < -0.39 is 147 Å². The molecule has 67 heavy (non-hydrogen) atoms. The minimum absolute atomic E-state index is 0.0128. The number of aliphatic hydroxyl groups excluding tert-OH is 1. The smallest absolute Gasteiger partial charge is 0.317 e. The predicted molar refractivity (Wildman–Crippen MR) is 225 cm³/mol. The summed E-state index contributed by atoms with van der Waals surface area (Å²) in [7, 11) is 0. The van der Waals surface area contributed by atoms with Gasteiger partial charge >= 0.3 is 5.69 Å². The molecule has 0 aliphatic carbocycles. The number of amides is 7. The number of rotatable bonds is 23. The Balaban J connectivity index is 2.38. The summed E-state index contributed by atoms with van der Waals surface area (Å²) in [5, 5.41) is 96.2. The van der Waals surface area contributed by atoms with Gasteiger partial charge in [-0.2, -0.15) is 0 Å². The Morgan fingerprint density at radius 1 is 0.582 bits per heavy atom. The van der Waals surface area contributed by atoms with Gasteiger partial charge < -0.3 is 97.8 Å². The average Bonchev–Trinajstić information content (AvgIpc) is 3.23. The van der Waals surface area contributed by atoms with E-state index in [9.17, 15) is 64.0 Å². The fourth-order valence-corrected chi connectivity index (χ4v) is 5.01. The van der Waals surface area contributed by atoms with Crippen LogP contribution in [-0.2, 0) is 40.1 Å². The second kappa shape index (κ2) is 24.2. The number of aromatic hydroxyl groups is 1. The largest absolute Gasteiger partial charge is 0.502 e. The number of non-ortho nitro benzene ring substituents is 1. The molecule has 362 valence electrons. The Morgan fingerprint density at radius 3 is 1.36 bits per heavy atom. The van der Waals surface area contributed by atoms with Crippen molar-refractivity contribution in [1.82, 2.24) is 58.5 Å². The van der Waals surface area contributed by atoms with E-state index in [1.807, 2.05) is 37.2 Å². The molecule has 2 rings (SSSR count). The number of nitrogens with zero attached hydrogens (tertiary/aromatic N) is 2. The minimum Gasteiger partial charge on any atom is -0.502 e. The van der Waals surface area contributed by atoms with Crippen molar-refractivity contribution in [2.75, 3.05) is 0 Å². The Hall–Kier alpha value is -9.71. The zero-order valence-corrected chi connectivity index (χ0v) is 34.0. The molecule has 0 aliphatic rings. The van der Waals surface area contributed by atoms with Gasteiger partial charge in [0.1, 0.15) is 6.04 Å². The molecular formula is C31H45N23O13. The number of hydrogen-bond donors (Lipinski definition) is 23. The molecule has 0 heterocycles. The average molecular weight is 948 g/mol. The molecule has 29 N–H and O–H groups in total. The first-order valence-electron chi connectivity index (χ1n) is 18.1. The van der Waals surface area contributed by atoms with Gasteiger partial charge in [-0.3, -0.25) is 80.7 Å². The number of phenolic OH excluding ortho intramolecular Hbond substituents is 1. The van der Waals surface area contributed by atoms with Crippen molar-refractivity contribution < 1.29 is 53.6 Å². The normalized spacial score (nSPS) is 13.6. The number of guanidine groups is 4. The lowest BCUT2D eigenvalue weighted by molar-refractivity contribution is -0.394. The number of carbonyl (C=O) groups excluding carboxylic acids is 7. The van der Waals surface area contributed by atoms with Gasteiger partial charge in [0.05, 0.1) is 15.9 Å². The minimum atomic E-state index is -2.29. The summed E-state index contributed by atoms with van der Waals surface area (Å²) >= 11 is 0. The fraction of sp³-hybridized carbons (Fsp3) is 0.258. The fourth-order valence-electron chi connectivity index (χ4n) is 5.01. The van der Waals surface area contributed by atoms with Crippen LogP contribution in [0.5, 0.6) is 5.75 Å². The van der Waals surface area contributed by atoms with Crippen molar-refractivity contribution in [3.63, 3.8) is 0 Å². The van der Waals surface area contributed by atoms with Gasteiger partial charge in [-0.1, -0.05) is 30.3 Å². The summed E-state index contributed by atoms with van der Waals surface area (Å²) in [6, 6.07) is 6.30. The number of phenols is 1. The van der Waals surface area contributed by atoms with Gasteiger partial charge in [-0.25, -0.2) is 0 Å². The first-order valence-corrected chi connectivity index (χ1v) is 18.1. The van der Waals surface area contributed by atoms with E-state index in [0.717, 1.165) is 6.07 Å². The molecule has 0 aliphatic heterocycles. The number of benzene rings is 2. The Kier molecular flexibility index (Phi) is 19.3. The highest BCUT2D eigenvalue weighted by molar-refractivity contribution is 6.00. The van der Waals surface area contributed by atoms with Crippen LogP contribution in [0.15, 0.2) is 42.5 Å². The molecular weight excluding hydrogens is 902 g/mol. The van der Waals surface area contributed by atoms with Gasteiger partial charge in [0.15, 0.2) is 66.6 Å². The Bertz CT molecular complexity index is 2300. The molecule has 0 radical (unpaired) electrons. The SMILES string of the molecule is N=C(N)NC(NC(=O)C(NC(=N)N)NC(=O)C(NC(=N)N)NC(=O)C(NC(=N)N)NC(=O)C(NC(=O)C(O)NCc1cc([N+](=O)[O-])cc([N+](=O)[O-])c1O)c1ccccc1)C(=O)NC(N)C(N)=O. The molecule has 7 amide bonds. The molecule has 0 bridgehead atoms. The van der Waals surface area contributed by atoms with Crippen LogP contribution in [0.25, 0.3) is 0 Å². The number of nitro groups is 2. The molecule has 0 aromatic heterocycles. The standard InChI is InChI=1S/C31H45N23O13/c32-15(16(33)56)44-22(58)17(49-28(34)35)46-24(60)19(51-30(38)39)48-25(61)20(52-31(40)41)47-23(59)18(50-29(36)37)45-21(57)13(9-4-2-1-3-5-9)43-27(63)26(62)42-8-10-6-11(53(64)65)7-12(14(10)55)54(66)67/h1-7,13,15,17-20,26,42,55,62H,8,32H2,(H2,33,56)(H,43,63)(H,44,58)(H,45,57)(H,46,60)(H,47,59)(H,48,61)(H4,34,35,49)(H4,36,37,50)(H4,38,39,51)(H4,40,41,52). The van der Waals surface area contributed by atoms with E-state index in [1.165, 1.54) is 30.3 Å². The Morgan fingerprint density at radius 2 is 0.985 bits per heavy atom. The summed E-state index contributed by atoms with van der Waals surface area (Å²) in [6.45, 7) is -0.780. The van der Waals surface area contributed by atoms with Gasteiger partial charge in [0.2, 0.25) is 5.91 Å². The maximum atomic E-state index is 13.8. The van der Waals surface area contributed by atoms with E-state index in [4.69, 9.17) is 56.0 Å². The third kappa shape index (κ3) is 16.8. The predicted octanol–water partition coefficient (Wildman–Crippen LogP) is -9.94. The Labute approximate surface area is 373 Å². The number of nitrogens with two attached hydrogens (primary N) is 6. The summed E-state index contributed by atoms with van der Waals surface area (Å²) in [5.74, 6) is -14.5. The van der Waals surface area contributed by atoms with Crippen LogP contribution >= 0.6 is 0 Å². The highest BCUT2D eigenvalue weighted by Crippen LogP contribution is 2.34. The molecule has 0 saturated heterocycles. The number of nitro benzene ring substituents is 2. The third-order valence-corrected chi connectivity index (χ3v) is 7.98. The van der Waals surface area contributed by atoms with E-state index >= 15 is 0 Å².